The lowest BCUT2D eigenvalue weighted by Gasteiger charge is -2.27. The molecule has 0 aliphatic heterocycles. The Labute approximate surface area is 94.1 Å². The lowest BCUT2D eigenvalue weighted by atomic mass is 9.78. The van der Waals surface area contributed by atoms with Gasteiger partial charge in [-0.1, -0.05) is 53.4 Å². The third-order valence-electron chi connectivity index (χ3n) is 2.69. The van der Waals surface area contributed by atoms with E-state index in [1.54, 1.807) is 0 Å². The van der Waals surface area contributed by atoms with Crippen molar-refractivity contribution in [2.75, 3.05) is 0 Å². The zero-order chi connectivity index (χ0) is 11.2. The van der Waals surface area contributed by atoms with Crippen LogP contribution in [0, 0.1) is 11.3 Å². The van der Waals surface area contributed by atoms with Crippen molar-refractivity contribution in [2.45, 2.75) is 59.8 Å². The van der Waals surface area contributed by atoms with Crippen LogP contribution >= 0.6 is 12.6 Å². The molecule has 1 nitrogen and oxygen atoms in total. The third-order valence-corrected chi connectivity index (χ3v) is 3.00. The van der Waals surface area contributed by atoms with E-state index in [9.17, 15) is 4.79 Å². The van der Waals surface area contributed by atoms with E-state index < -0.39 is 0 Å². The number of hydrogen-bond acceptors (Lipinski definition) is 1. The van der Waals surface area contributed by atoms with E-state index in [0.29, 0.717) is 0 Å². The van der Waals surface area contributed by atoms with Crippen LogP contribution < -0.4 is 0 Å². The molecule has 0 aliphatic rings. The minimum Gasteiger partial charge on any atom is -0.287 e. The summed E-state index contributed by atoms with van der Waals surface area (Å²) in [6.07, 6.45) is 5.91. The molecule has 14 heavy (non-hydrogen) atoms. The van der Waals surface area contributed by atoms with Crippen molar-refractivity contribution in [3.8, 4) is 0 Å². The molecular weight excluding hydrogens is 192 g/mol. The average molecular weight is 216 g/mol. The first-order chi connectivity index (χ1) is 6.39. The van der Waals surface area contributed by atoms with Gasteiger partial charge in [0.2, 0.25) is 0 Å². The monoisotopic (exact) mass is 216 g/mol. The molecule has 0 spiro atoms. The van der Waals surface area contributed by atoms with Crippen molar-refractivity contribution in [1.29, 1.82) is 0 Å². The number of thiol groups is 1. The van der Waals surface area contributed by atoms with Crippen LogP contribution in [0.4, 0.5) is 0 Å². The molecule has 0 rings (SSSR count). The zero-order valence-corrected chi connectivity index (χ0v) is 10.9. The number of hydrogen-bond donors (Lipinski definition) is 1. The average Bonchev–Trinajstić information content (AvgIpc) is 2.01. The molecule has 0 saturated heterocycles. The summed E-state index contributed by atoms with van der Waals surface area (Å²) < 4.78 is 0. The second kappa shape index (κ2) is 6.49. The van der Waals surface area contributed by atoms with Crippen molar-refractivity contribution in [2.24, 2.45) is 11.3 Å². The van der Waals surface area contributed by atoms with E-state index in [2.05, 4.69) is 40.3 Å². The van der Waals surface area contributed by atoms with Gasteiger partial charge in [-0.2, -0.15) is 0 Å². The highest BCUT2D eigenvalue weighted by molar-refractivity contribution is 7.96. The Hall–Kier alpha value is 0.0200. The molecular formula is C12H24OS. The van der Waals surface area contributed by atoms with Crippen LogP contribution in [0.3, 0.4) is 0 Å². The molecule has 0 bridgehead atoms. The van der Waals surface area contributed by atoms with E-state index >= 15 is 0 Å². The highest BCUT2D eigenvalue weighted by Gasteiger charge is 2.28. The first-order valence-electron chi connectivity index (χ1n) is 5.62. The van der Waals surface area contributed by atoms with Gasteiger partial charge in [0.1, 0.15) is 0 Å². The molecule has 2 heteroatoms. The van der Waals surface area contributed by atoms with Gasteiger partial charge in [0, 0.05) is 5.92 Å². The van der Waals surface area contributed by atoms with E-state index in [1.807, 2.05) is 0 Å². The minimum absolute atomic E-state index is 0.0500. The van der Waals surface area contributed by atoms with Gasteiger partial charge >= 0.3 is 0 Å². The Kier molecular flexibility index (Phi) is 6.50. The van der Waals surface area contributed by atoms with Gasteiger partial charge in [0.15, 0.2) is 5.12 Å². The Bertz CT molecular complexity index is 170. The van der Waals surface area contributed by atoms with Crippen LogP contribution in [0.2, 0.25) is 0 Å². The number of carbonyl (C=O) groups is 1. The summed E-state index contributed by atoms with van der Waals surface area (Å²) in [5.41, 5.74) is 0.0606. The fourth-order valence-electron chi connectivity index (χ4n) is 1.70. The zero-order valence-electron chi connectivity index (χ0n) is 9.97. The fraction of sp³-hybridized carbons (Fsp3) is 0.917. The summed E-state index contributed by atoms with van der Waals surface area (Å²) in [6, 6.07) is 0. The van der Waals surface area contributed by atoms with Crippen LogP contribution in [-0.4, -0.2) is 5.12 Å². The van der Waals surface area contributed by atoms with Crippen LogP contribution in [0.15, 0.2) is 0 Å². The Morgan fingerprint density at radius 3 is 2.14 bits per heavy atom. The largest absolute Gasteiger partial charge is 0.287 e. The van der Waals surface area contributed by atoms with Gasteiger partial charge in [0.05, 0.1) is 0 Å². The molecule has 0 amide bonds. The molecule has 0 N–H and O–H groups in total. The van der Waals surface area contributed by atoms with Crippen LogP contribution in [0.5, 0.6) is 0 Å². The third kappa shape index (κ3) is 5.69. The van der Waals surface area contributed by atoms with Gasteiger partial charge in [-0.05, 0) is 11.8 Å². The predicted octanol–water partition coefficient (Wildman–Crippen LogP) is 4.08. The van der Waals surface area contributed by atoms with Gasteiger partial charge in [-0.3, -0.25) is 4.79 Å². The molecule has 0 heterocycles. The number of unbranched alkanes of at least 4 members (excludes halogenated alkanes) is 3. The second-order valence-corrected chi connectivity index (χ2v) is 5.55. The van der Waals surface area contributed by atoms with Crippen LogP contribution in [-0.2, 0) is 4.79 Å². The molecule has 1 unspecified atom stereocenters. The van der Waals surface area contributed by atoms with E-state index in [-0.39, 0.29) is 16.4 Å². The van der Waals surface area contributed by atoms with Gasteiger partial charge in [-0.25, -0.2) is 0 Å². The van der Waals surface area contributed by atoms with Crippen molar-refractivity contribution < 1.29 is 4.79 Å². The maximum absolute atomic E-state index is 11.3. The molecule has 0 aromatic heterocycles. The molecule has 0 aromatic carbocycles. The quantitative estimate of drug-likeness (QED) is 0.523. The lowest BCUT2D eigenvalue weighted by molar-refractivity contribution is -0.117. The normalized spacial score (nSPS) is 14.1. The highest BCUT2D eigenvalue weighted by atomic mass is 32.1. The maximum atomic E-state index is 11.3. The maximum Gasteiger partial charge on any atom is 0.189 e. The highest BCUT2D eigenvalue weighted by Crippen LogP contribution is 2.32. The van der Waals surface area contributed by atoms with Crippen molar-refractivity contribution >= 4 is 17.7 Å². The summed E-state index contributed by atoms with van der Waals surface area (Å²) in [6.45, 7) is 8.55. The molecule has 0 fully saturated rings. The van der Waals surface area contributed by atoms with E-state index in [0.717, 1.165) is 12.8 Å². The number of rotatable bonds is 6. The minimum atomic E-state index is 0.0500. The van der Waals surface area contributed by atoms with Gasteiger partial charge in [0.25, 0.3) is 0 Å². The first-order valence-corrected chi connectivity index (χ1v) is 6.07. The molecule has 0 aliphatic carbocycles. The standard InChI is InChI=1S/C12H24OS/c1-5-6-7-8-9-10(11(13)14)12(2,3)4/h10H,5-9H2,1-4H3,(H,13,14). The smallest absolute Gasteiger partial charge is 0.189 e. The molecule has 0 saturated carbocycles. The van der Waals surface area contributed by atoms with Gasteiger partial charge < -0.3 is 0 Å². The first kappa shape index (κ1) is 14.0. The summed E-state index contributed by atoms with van der Waals surface area (Å²) in [7, 11) is 0. The lowest BCUT2D eigenvalue weighted by Crippen LogP contribution is -2.25. The van der Waals surface area contributed by atoms with E-state index in [1.165, 1.54) is 19.3 Å². The summed E-state index contributed by atoms with van der Waals surface area (Å²) in [4.78, 5) is 11.3. The Morgan fingerprint density at radius 1 is 1.21 bits per heavy atom. The van der Waals surface area contributed by atoms with Crippen LogP contribution in [0.1, 0.15) is 59.8 Å². The van der Waals surface area contributed by atoms with Crippen LogP contribution in [0.25, 0.3) is 0 Å². The Balaban J connectivity index is 3.94. The second-order valence-electron chi connectivity index (χ2n) is 5.11. The van der Waals surface area contributed by atoms with Crippen molar-refractivity contribution in [3.05, 3.63) is 0 Å². The predicted molar refractivity (Wildman–Crippen MR) is 65.7 cm³/mol. The molecule has 84 valence electrons. The van der Waals surface area contributed by atoms with E-state index in [4.69, 9.17) is 0 Å². The molecule has 0 radical (unpaired) electrons. The molecule has 0 aromatic rings. The summed E-state index contributed by atoms with van der Waals surface area (Å²) in [5, 5.41) is 0.0500. The summed E-state index contributed by atoms with van der Waals surface area (Å²) >= 11 is 3.97. The van der Waals surface area contributed by atoms with Crippen molar-refractivity contribution in [3.63, 3.8) is 0 Å². The fourth-order valence-corrected chi connectivity index (χ4v) is 2.22. The topological polar surface area (TPSA) is 17.1 Å². The SMILES string of the molecule is CCCCCCC(C(=O)S)C(C)(C)C. The summed E-state index contributed by atoms with van der Waals surface area (Å²) in [5.74, 6) is 0.114. The van der Waals surface area contributed by atoms with Gasteiger partial charge in [-0.15, -0.1) is 12.6 Å². The Morgan fingerprint density at radius 2 is 1.79 bits per heavy atom. The number of carbonyl (C=O) groups excluding carboxylic acids is 1. The molecule has 1 atom stereocenters. The van der Waals surface area contributed by atoms with Crippen molar-refractivity contribution in [1.82, 2.24) is 0 Å².